The van der Waals surface area contributed by atoms with Crippen molar-refractivity contribution in [1.82, 2.24) is 5.32 Å². The van der Waals surface area contributed by atoms with Gasteiger partial charge in [0.2, 0.25) is 0 Å². The van der Waals surface area contributed by atoms with E-state index in [-0.39, 0.29) is 16.5 Å². The summed E-state index contributed by atoms with van der Waals surface area (Å²) in [6.07, 6.45) is 1.00. The van der Waals surface area contributed by atoms with E-state index >= 15 is 0 Å². The lowest BCUT2D eigenvalue weighted by Gasteiger charge is -2.17. The molecule has 0 aliphatic carbocycles. The van der Waals surface area contributed by atoms with Crippen molar-refractivity contribution in [3.05, 3.63) is 59.7 Å². The summed E-state index contributed by atoms with van der Waals surface area (Å²) in [6, 6.07) is 12.6. The Balaban J connectivity index is 2.01. The van der Waals surface area contributed by atoms with Gasteiger partial charge in [0.1, 0.15) is 5.75 Å². The van der Waals surface area contributed by atoms with E-state index in [4.69, 9.17) is 9.47 Å². The van der Waals surface area contributed by atoms with Gasteiger partial charge in [-0.25, -0.2) is 13.2 Å². The fourth-order valence-corrected chi connectivity index (χ4v) is 3.43. The Morgan fingerprint density at radius 1 is 1.07 bits per heavy atom. The highest BCUT2D eigenvalue weighted by molar-refractivity contribution is 7.90. The summed E-state index contributed by atoms with van der Waals surface area (Å²) in [6.45, 7) is 1.24. The normalized spacial score (nSPS) is 12.1. The number of rotatable bonds is 7. The molecule has 0 aromatic heterocycles. The third kappa shape index (κ3) is 5.30. The minimum atomic E-state index is -3.60. The van der Waals surface area contributed by atoms with Crippen molar-refractivity contribution in [2.45, 2.75) is 17.9 Å². The molecule has 2 aromatic rings. The second-order valence-electron chi connectivity index (χ2n) is 5.88. The van der Waals surface area contributed by atoms with Crippen LogP contribution in [0.5, 0.6) is 5.75 Å². The molecule has 0 heterocycles. The Hall–Kier alpha value is -2.87. The molecule has 0 fully saturated rings. The van der Waals surface area contributed by atoms with Gasteiger partial charge in [-0.3, -0.25) is 4.79 Å². The van der Waals surface area contributed by atoms with E-state index in [0.29, 0.717) is 5.75 Å². The van der Waals surface area contributed by atoms with Crippen LogP contribution in [-0.2, 0) is 19.4 Å². The Morgan fingerprint density at radius 2 is 1.70 bits per heavy atom. The van der Waals surface area contributed by atoms with Gasteiger partial charge in [-0.15, -0.1) is 0 Å². The number of hydrogen-bond acceptors (Lipinski definition) is 6. The summed E-state index contributed by atoms with van der Waals surface area (Å²) >= 11 is 0. The third-order valence-corrected chi connectivity index (χ3v) is 4.98. The Labute approximate surface area is 158 Å². The molecule has 2 aromatic carbocycles. The molecule has 7 nitrogen and oxygen atoms in total. The molecule has 0 bridgehead atoms. The molecule has 0 radical (unpaired) electrons. The van der Waals surface area contributed by atoms with Crippen molar-refractivity contribution < 1.29 is 27.5 Å². The molecule has 1 unspecified atom stereocenters. The van der Waals surface area contributed by atoms with Crippen molar-refractivity contribution in [1.29, 1.82) is 0 Å². The third-order valence-electron chi connectivity index (χ3n) is 3.82. The summed E-state index contributed by atoms with van der Waals surface area (Å²) in [7, 11) is -2.06. The largest absolute Gasteiger partial charge is 0.496 e. The van der Waals surface area contributed by atoms with Crippen LogP contribution in [0.25, 0.3) is 0 Å². The highest BCUT2D eigenvalue weighted by Gasteiger charge is 2.20. The second kappa shape index (κ2) is 8.68. The molecule has 8 heteroatoms. The molecule has 1 amide bonds. The maximum absolute atomic E-state index is 12.2. The number of para-hydroxylation sites is 1. The number of ether oxygens (including phenoxy) is 2. The van der Waals surface area contributed by atoms with Crippen molar-refractivity contribution in [2.75, 3.05) is 20.0 Å². The first kappa shape index (κ1) is 20.4. The van der Waals surface area contributed by atoms with Crippen LogP contribution < -0.4 is 10.1 Å². The summed E-state index contributed by atoms with van der Waals surface area (Å²) in [5, 5.41) is 2.71. The fourth-order valence-electron chi connectivity index (χ4n) is 2.55. The van der Waals surface area contributed by atoms with Gasteiger partial charge in [-0.2, -0.15) is 0 Å². The van der Waals surface area contributed by atoms with Crippen LogP contribution in [0.4, 0.5) is 0 Å². The number of carbonyl (C=O) groups excluding carboxylic acids is 2. The number of hydrogen-bond donors (Lipinski definition) is 1. The van der Waals surface area contributed by atoms with Crippen LogP contribution in [-0.4, -0.2) is 40.3 Å². The van der Waals surface area contributed by atoms with Gasteiger partial charge < -0.3 is 14.8 Å². The zero-order valence-corrected chi connectivity index (χ0v) is 16.1. The zero-order valence-electron chi connectivity index (χ0n) is 15.3. The van der Waals surface area contributed by atoms with Crippen LogP contribution in [0.2, 0.25) is 0 Å². The number of amides is 1. The molecule has 0 saturated heterocycles. The molecule has 27 heavy (non-hydrogen) atoms. The highest BCUT2D eigenvalue weighted by Crippen LogP contribution is 2.24. The summed E-state index contributed by atoms with van der Waals surface area (Å²) in [5.41, 5.74) is 0.674. The van der Waals surface area contributed by atoms with Gasteiger partial charge in [0.15, 0.2) is 16.4 Å². The first-order valence-corrected chi connectivity index (χ1v) is 10.0. The second-order valence-corrected chi connectivity index (χ2v) is 7.86. The quantitative estimate of drug-likeness (QED) is 0.726. The lowest BCUT2D eigenvalue weighted by molar-refractivity contribution is -0.124. The van der Waals surface area contributed by atoms with Crippen LogP contribution in [0, 0.1) is 0 Å². The van der Waals surface area contributed by atoms with Gasteiger partial charge in [0, 0.05) is 11.8 Å². The molecular weight excluding hydrogens is 370 g/mol. The number of nitrogens with one attached hydrogen (secondary N) is 1. The molecule has 0 spiro atoms. The fraction of sp³-hybridized carbons (Fsp3) is 0.263. The van der Waals surface area contributed by atoms with Crippen LogP contribution in [0.1, 0.15) is 28.9 Å². The van der Waals surface area contributed by atoms with Crippen LogP contribution in [0.15, 0.2) is 53.4 Å². The summed E-state index contributed by atoms with van der Waals surface area (Å²) in [4.78, 5) is 24.1. The van der Waals surface area contributed by atoms with Crippen molar-refractivity contribution in [2.24, 2.45) is 0 Å². The van der Waals surface area contributed by atoms with Crippen LogP contribution >= 0.6 is 0 Å². The molecule has 0 aliphatic heterocycles. The molecule has 1 N–H and O–H groups in total. The minimum Gasteiger partial charge on any atom is -0.496 e. The lowest BCUT2D eigenvalue weighted by Crippen LogP contribution is -2.31. The maximum atomic E-state index is 12.2. The SMILES string of the molecule is COc1ccccc1C(C)NC(=O)COC(=O)c1ccccc1S(C)(=O)=O. The van der Waals surface area contributed by atoms with Gasteiger partial charge >= 0.3 is 5.97 Å². The van der Waals surface area contributed by atoms with E-state index in [1.54, 1.807) is 13.0 Å². The van der Waals surface area contributed by atoms with E-state index in [1.165, 1.54) is 31.4 Å². The molecule has 0 aliphatic rings. The first-order chi connectivity index (χ1) is 12.7. The molecule has 0 saturated carbocycles. The van der Waals surface area contributed by atoms with Crippen LogP contribution in [0.3, 0.4) is 0 Å². The monoisotopic (exact) mass is 391 g/mol. The van der Waals surface area contributed by atoms with Crippen molar-refractivity contribution in [3.8, 4) is 5.75 Å². The van der Waals surface area contributed by atoms with Gasteiger partial charge in [0.05, 0.1) is 23.6 Å². The van der Waals surface area contributed by atoms with Gasteiger partial charge in [-0.05, 0) is 25.1 Å². The Morgan fingerprint density at radius 3 is 2.37 bits per heavy atom. The number of benzene rings is 2. The molecule has 1 atom stereocenters. The van der Waals surface area contributed by atoms with Gasteiger partial charge in [-0.1, -0.05) is 30.3 Å². The standard InChI is InChI=1S/C19H21NO6S/c1-13(14-8-4-6-10-16(14)25-2)20-18(21)12-26-19(22)15-9-5-7-11-17(15)27(3,23)24/h4-11,13H,12H2,1-3H3,(H,20,21). The summed E-state index contributed by atoms with van der Waals surface area (Å²) in [5.74, 6) is -0.765. The van der Waals surface area contributed by atoms with E-state index in [0.717, 1.165) is 11.8 Å². The molecule has 2 rings (SSSR count). The smallest absolute Gasteiger partial charge is 0.339 e. The first-order valence-electron chi connectivity index (χ1n) is 8.12. The van der Waals surface area contributed by atoms with Crippen molar-refractivity contribution >= 4 is 21.7 Å². The average Bonchev–Trinajstić information content (AvgIpc) is 2.65. The number of esters is 1. The lowest BCUT2D eigenvalue weighted by atomic mass is 10.1. The predicted octanol–water partition coefficient (Wildman–Crippen LogP) is 2.13. The Bertz CT molecular complexity index is 939. The predicted molar refractivity (Wildman–Crippen MR) is 99.4 cm³/mol. The number of methoxy groups -OCH3 is 1. The zero-order chi connectivity index (χ0) is 20.0. The summed E-state index contributed by atoms with van der Waals surface area (Å²) < 4.78 is 33.7. The number of carbonyl (C=O) groups is 2. The maximum Gasteiger partial charge on any atom is 0.339 e. The topological polar surface area (TPSA) is 98.8 Å². The number of sulfone groups is 1. The van der Waals surface area contributed by atoms with E-state index in [2.05, 4.69) is 5.32 Å². The Kier molecular flexibility index (Phi) is 6.57. The molecular formula is C19H21NO6S. The average molecular weight is 391 g/mol. The molecule has 144 valence electrons. The van der Waals surface area contributed by atoms with Gasteiger partial charge in [0.25, 0.3) is 5.91 Å². The van der Waals surface area contributed by atoms with Crippen molar-refractivity contribution in [3.63, 3.8) is 0 Å². The van der Waals surface area contributed by atoms with E-state index < -0.39 is 28.3 Å². The highest BCUT2D eigenvalue weighted by atomic mass is 32.2. The van der Waals surface area contributed by atoms with E-state index in [1.807, 2.05) is 18.2 Å². The van der Waals surface area contributed by atoms with E-state index in [9.17, 15) is 18.0 Å². The minimum absolute atomic E-state index is 0.106.